The average molecular weight is 315 g/mol. The molecule has 0 saturated heterocycles. The van der Waals surface area contributed by atoms with Gasteiger partial charge in [-0.15, -0.1) is 0 Å². The molecule has 0 bridgehead atoms. The molecule has 0 unspecified atom stereocenters. The van der Waals surface area contributed by atoms with Crippen LogP contribution in [-0.2, 0) is 17.8 Å². The average Bonchev–Trinajstić information content (AvgIpc) is 2.73. The number of rotatable bonds is 4. The first-order valence-electron chi connectivity index (χ1n) is 5.69. The molecule has 1 heterocycles. The van der Waals surface area contributed by atoms with Gasteiger partial charge in [-0.3, -0.25) is 0 Å². The molecule has 0 aliphatic heterocycles. The summed E-state index contributed by atoms with van der Waals surface area (Å²) in [4.78, 5) is -3.13. The second kappa shape index (κ2) is 5.18. The predicted molar refractivity (Wildman–Crippen MR) is 70.0 cm³/mol. The Kier molecular flexibility index (Phi) is 3.80. The summed E-state index contributed by atoms with van der Waals surface area (Å²) in [6.45, 7) is 1.91. The summed E-state index contributed by atoms with van der Waals surface area (Å²) >= 11 is 2.32. The highest BCUT2D eigenvalue weighted by atomic mass is 79.9. The van der Waals surface area contributed by atoms with Gasteiger partial charge in [0.1, 0.15) is 0 Å². The lowest BCUT2D eigenvalue weighted by atomic mass is 10.1. The molecule has 0 spiro atoms. The molecule has 2 rings (SSSR count). The number of nitrogens with zero attached hydrogens (tertiary/aromatic N) is 2. The summed E-state index contributed by atoms with van der Waals surface area (Å²) in [5.74, 6) is 0. The number of halogens is 3. The van der Waals surface area contributed by atoms with E-state index in [2.05, 4.69) is 21.0 Å². The van der Waals surface area contributed by atoms with Crippen LogP contribution in [0.5, 0.6) is 0 Å². The Labute approximate surface area is 113 Å². The van der Waals surface area contributed by atoms with E-state index < -0.39 is 4.96 Å². The molecule has 0 amide bonds. The molecule has 0 aliphatic carbocycles. The zero-order chi connectivity index (χ0) is 13.2. The Bertz CT molecular complexity index is 518. The molecule has 1 aromatic carbocycles. The SMILES string of the molecule is CCc1nn(C(F)(F)Br)cc1Cc1ccccc1. The lowest BCUT2D eigenvalue weighted by molar-refractivity contribution is 0.0196. The van der Waals surface area contributed by atoms with E-state index in [9.17, 15) is 8.78 Å². The van der Waals surface area contributed by atoms with Crippen molar-refractivity contribution in [1.82, 2.24) is 9.78 Å². The summed E-state index contributed by atoms with van der Waals surface area (Å²) in [6, 6.07) is 9.75. The van der Waals surface area contributed by atoms with Crippen LogP contribution in [0, 0.1) is 0 Å². The first kappa shape index (κ1) is 13.2. The highest BCUT2D eigenvalue weighted by molar-refractivity contribution is 9.09. The van der Waals surface area contributed by atoms with Crippen molar-refractivity contribution in [3.8, 4) is 0 Å². The Morgan fingerprint density at radius 3 is 2.50 bits per heavy atom. The van der Waals surface area contributed by atoms with Crippen LogP contribution in [0.25, 0.3) is 0 Å². The van der Waals surface area contributed by atoms with E-state index in [-0.39, 0.29) is 0 Å². The van der Waals surface area contributed by atoms with Crippen LogP contribution in [-0.4, -0.2) is 9.78 Å². The van der Waals surface area contributed by atoms with Crippen LogP contribution in [0.15, 0.2) is 36.5 Å². The van der Waals surface area contributed by atoms with Gasteiger partial charge in [-0.25, -0.2) is 0 Å². The standard InChI is InChI=1S/C13H13BrF2N2/c1-2-12-11(8-10-6-4-3-5-7-10)9-18(17-12)13(14,15)16/h3-7,9H,2,8H2,1H3. The van der Waals surface area contributed by atoms with E-state index in [1.54, 1.807) is 0 Å². The predicted octanol–water partition coefficient (Wildman–Crippen LogP) is 3.94. The van der Waals surface area contributed by atoms with Crippen molar-refractivity contribution in [2.75, 3.05) is 0 Å². The quantitative estimate of drug-likeness (QED) is 0.782. The molecule has 0 N–H and O–H groups in total. The maximum Gasteiger partial charge on any atom is 0.400 e. The van der Waals surface area contributed by atoms with Gasteiger partial charge in [-0.05, 0) is 17.5 Å². The van der Waals surface area contributed by atoms with Crippen molar-refractivity contribution < 1.29 is 8.78 Å². The fourth-order valence-corrected chi connectivity index (χ4v) is 2.02. The van der Waals surface area contributed by atoms with E-state index in [4.69, 9.17) is 0 Å². The molecule has 0 aliphatic rings. The van der Waals surface area contributed by atoms with Crippen molar-refractivity contribution in [2.45, 2.75) is 24.7 Å². The van der Waals surface area contributed by atoms with Crippen LogP contribution in [0.1, 0.15) is 23.7 Å². The number of hydrogen-bond donors (Lipinski definition) is 0. The van der Waals surface area contributed by atoms with E-state index in [0.29, 0.717) is 23.2 Å². The maximum absolute atomic E-state index is 13.1. The minimum absolute atomic E-state index is 0.618. The molecule has 0 saturated carbocycles. The third-order valence-electron chi connectivity index (χ3n) is 2.71. The largest absolute Gasteiger partial charge is 0.400 e. The molecule has 1 aromatic heterocycles. The van der Waals surface area contributed by atoms with Gasteiger partial charge in [0, 0.05) is 28.5 Å². The molecule has 0 radical (unpaired) electrons. The lowest BCUT2D eigenvalue weighted by Gasteiger charge is -2.06. The van der Waals surface area contributed by atoms with Gasteiger partial charge in [-0.1, -0.05) is 37.3 Å². The summed E-state index contributed by atoms with van der Waals surface area (Å²) in [6.07, 6.45) is 2.66. The summed E-state index contributed by atoms with van der Waals surface area (Å²) in [5.41, 5.74) is 2.63. The fourth-order valence-electron chi connectivity index (χ4n) is 1.84. The molecule has 2 aromatic rings. The third-order valence-corrected chi connectivity index (χ3v) is 3.07. The van der Waals surface area contributed by atoms with Gasteiger partial charge in [-0.2, -0.15) is 18.6 Å². The first-order chi connectivity index (χ1) is 8.50. The van der Waals surface area contributed by atoms with Crippen molar-refractivity contribution in [2.24, 2.45) is 0 Å². The summed E-state index contributed by atoms with van der Waals surface area (Å²) in [5, 5.41) is 3.92. The first-order valence-corrected chi connectivity index (χ1v) is 6.48. The van der Waals surface area contributed by atoms with Crippen molar-refractivity contribution in [3.63, 3.8) is 0 Å². The second-order valence-corrected chi connectivity index (χ2v) is 4.98. The fraction of sp³-hybridized carbons (Fsp3) is 0.308. The Morgan fingerprint density at radius 1 is 1.28 bits per heavy atom. The normalized spacial score (nSPS) is 11.8. The number of alkyl halides is 3. The zero-order valence-corrected chi connectivity index (χ0v) is 11.5. The molecular weight excluding hydrogens is 302 g/mol. The summed E-state index contributed by atoms with van der Waals surface area (Å²) < 4.78 is 27.0. The van der Waals surface area contributed by atoms with Crippen LogP contribution >= 0.6 is 15.9 Å². The highest BCUT2D eigenvalue weighted by Gasteiger charge is 2.28. The molecule has 0 fully saturated rings. The van der Waals surface area contributed by atoms with E-state index in [1.807, 2.05) is 37.3 Å². The van der Waals surface area contributed by atoms with Gasteiger partial charge < -0.3 is 0 Å². The smallest absolute Gasteiger partial charge is 0.199 e. The van der Waals surface area contributed by atoms with Gasteiger partial charge in [0.25, 0.3) is 0 Å². The van der Waals surface area contributed by atoms with Crippen LogP contribution in [0.2, 0.25) is 0 Å². The highest BCUT2D eigenvalue weighted by Crippen LogP contribution is 2.29. The van der Waals surface area contributed by atoms with Gasteiger partial charge in [0.15, 0.2) is 0 Å². The molecular formula is C13H13BrF2N2. The molecule has 2 nitrogen and oxygen atoms in total. The third kappa shape index (κ3) is 2.96. The zero-order valence-electron chi connectivity index (χ0n) is 9.91. The van der Waals surface area contributed by atoms with E-state index in [1.165, 1.54) is 6.20 Å². The second-order valence-electron chi connectivity index (χ2n) is 4.03. The number of hydrogen-bond acceptors (Lipinski definition) is 1. The van der Waals surface area contributed by atoms with Crippen molar-refractivity contribution in [3.05, 3.63) is 53.3 Å². The van der Waals surface area contributed by atoms with Crippen LogP contribution in [0.3, 0.4) is 0 Å². The number of aryl methyl sites for hydroxylation is 1. The van der Waals surface area contributed by atoms with Crippen LogP contribution in [0.4, 0.5) is 8.78 Å². The molecule has 0 atom stereocenters. The Balaban J connectivity index is 2.30. The number of benzene rings is 1. The molecule has 5 heteroatoms. The van der Waals surface area contributed by atoms with Crippen LogP contribution < -0.4 is 0 Å². The van der Waals surface area contributed by atoms with Gasteiger partial charge in [0.05, 0.1) is 5.69 Å². The van der Waals surface area contributed by atoms with E-state index in [0.717, 1.165) is 11.1 Å². The molecule has 18 heavy (non-hydrogen) atoms. The molecule has 96 valence electrons. The monoisotopic (exact) mass is 314 g/mol. The lowest BCUT2D eigenvalue weighted by Crippen LogP contribution is -2.15. The van der Waals surface area contributed by atoms with Gasteiger partial charge >= 0.3 is 4.96 Å². The topological polar surface area (TPSA) is 17.8 Å². The van der Waals surface area contributed by atoms with E-state index >= 15 is 0 Å². The minimum Gasteiger partial charge on any atom is -0.199 e. The maximum atomic E-state index is 13.1. The van der Waals surface area contributed by atoms with Gasteiger partial charge in [0.2, 0.25) is 0 Å². The van der Waals surface area contributed by atoms with Crippen molar-refractivity contribution in [1.29, 1.82) is 0 Å². The Morgan fingerprint density at radius 2 is 1.94 bits per heavy atom. The van der Waals surface area contributed by atoms with Crippen molar-refractivity contribution >= 4 is 15.9 Å². The summed E-state index contributed by atoms with van der Waals surface area (Å²) in [7, 11) is 0. The Hall–Kier alpha value is -1.23. The minimum atomic E-state index is -3.13. The number of aromatic nitrogens is 2.